The van der Waals surface area contributed by atoms with E-state index in [9.17, 15) is 22.8 Å². The quantitative estimate of drug-likeness (QED) is 0.847. The Kier molecular flexibility index (Phi) is 6.16. The van der Waals surface area contributed by atoms with Gasteiger partial charge < -0.3 is 14.8 Å². The summed E-state index contributed by atoms with van der Waals surface area (Å²) >= 11 is 0. The predicted octanol–water partition coefficient (Wildman–Crippen LogP) is 2.71. The molecule has 1 rings (SSSR count). The van der Waals surface area contributed by atoms with Crippen LogP contribution in [0.2, 0.25) is 0 Å². The third kappa shape index (κ3) is 6.43. The molecule has 9 heteroatoms. The van der Waals surface area contributed by atoms with Gasteiger partial charge in [-0.25, -0.2) is 14.6 Å². The molecular weight excluding hydrogens is 329 g/mol. The number of ether oxygens (including phenoxy) is 2. The second-order valence-corrected chi connectivity index (χ2v) is 5.94. The lowest BCUT2D eigenvalue weighted by Gasteiger charge is -2.22. The molecule has 0 unspecified atom stereocenters. The van der Waals surface area contributed by atoms with Crippen LogP contribution >= 0.6 is 0 Å². The van der Waals surface area contributed by atoms with Gasteiger partial charge in [-0.2, -0.15) is 13.2 Å². The summed E-state index contributed by atoms with van der Waals surface area (Å²) in [7, 11) is 1.10. The molecular formula is C15H19F3N2O4. The van der Waals surface area contributed by atoms with Gasteiger partial charge in [0.2, 0.25) is 0 Å². The van der Waals surface area contributed by atoms with E-state index >= 15 is 0 Å². The molecule has 0 spiro atoms. The van der Waals surface area contributed by atoms with Gasteiger partial charge in [-0.3, -0.25) is 0 Å². The van der Waals surface area contributed by atoms with Crippen molar-refractivity contribution in [2.24, 2.45) is 0 Å². The van der Waals surface area contributed by atoms with E-state index in [1.807, 2.05) is 0 Å². The highest BCUT2D eigenvalue weighted by Crippen LogP contribution is 2.27. The smallest absolute Gasteiger partial charge is 0.433 e. The van der Waals surface area contributed by atoms with Crippen LogP contribution in [0.3, 0.4) is 0 Å². The molecule has 0 fully saturated rings. The Morgan fingerprint density at radius 1 is 1.25 bits per heavy atom. The lowest BCUT2D eigenvalue weighted by atomic mass is 10.1. The first kappa shape index (κ1) is 19.7. The largest absolute Gasteiger partial charge is 0.467 e. The van der Waals surface area contributed by atoms with Crippen molar-refractivity contribution in [1.82, 2.24) is 10.3 Å². The van der Waals surface area contributed by atoms with E-state index in [-0.39, 0.29) is 12.1 Å². The van der Waals surface area contributed by atoms with E-state index < -0.39 is 35.6 Å². The Morgan fingerprint density at radius 2 is 1.88 bits per heavy atom. The summed E-state index contributed by atoms with van der Waals surface area (Å²) in [5.74, 6) is -0.819. The fourth-order valence-electron chi connectivity index (χ4n) is 1.75. The summed E-state index contributed by atoms with van der Waals surface area (Å²) in [5.41, 5.74) is -1.89. The summed E-state index contributed by atoms with van der Waals surface area (Å²) in [5, 5.41) is 2.27. The van der Waals surface area contributed by atoms with Crippen molar-refractivity contribution < 1.29 is 32.2 Å². The van der Waals surface area contributed by atoms with Crippen LogP contribution in [0.4, 0.5) is 18.0 Å². The third-order valence-electron chi connectivity index (χ3n) is 2.69. The van der Waals surface area contributed by atoms with Gasteiger partial charge in [-0.15, -0.1) is 0 Å². The Bertz CT molecular complexity index is 597. The first-order valence-corrected chi connectivity index (χ1v) is 7.03. The van der Waals surface area contributed by atoms with Crippen LogP contribution in [-0.2, 0) is 26.9 Å². The SMILES string of the molecule is COC(=O)[C@H](Cc1cccc(C(F)(F)F)n1)NC(=O)OC(C)(C)C. The average molecular weight is 348 g/mol. The van der Waals surface area contributed by atoms with Crippen molar-refractivity contribution in [2.75, 3.05) is 7.11 Å². The highest BCUT2D eigenvalue weighted by atomic mass is 19.4. The normalized spacial score (nSPS) is 13.1. The Labute approximate surface area is 137 Å². The zero-order valence-corrected chi connectivity index (χ0v) is 13.7. The van der Waals surface area contributed by atoms with Gasteiger partial charge in [0.1, 0.15) is 17.3 Å². The van der Waals surface area contributed by atoms with Crippen LogP contribution in [0.1, 0.15) is 32.2 Å². The number of methoxy groups -OCH3 is 1. The first-order valence-electron chi connectivity index (χ1n) is 7.03. The molecule has 6 nitrogen and oxygen atoms in total. The number of pyridine rings is 1. The number of aromatic nitrogens is 1. The summed E-state index contributed by atoms with van der Waals surface area (Å²) in [4.78, 5) is 27.0. The minimum absolute atomic E-state index is 0.0173. The molecule has 1 aromatic rings. The molecule has 0 saturated heterocycles. The lowest BCUT2D eigenvalue weighted by Crippen LogP contribution is -2.45. The molecule has 0 saturated carbocycles. The van der Waals surface area contributed by atoms with E-state index in [1.54, 1.807) is 20.8 Å². The van der Waals surface area contributed by atoms with Gasteiger partial charge in [-0.05, 0) is 32.9 Å². The van der Waals surface area contributed by atoms with E-state index in [0.717, 1.165) is 13.2 Å². The number of amides is 1. The minimum atomic E-state index is -4.60. The Hall–Kier alpha value is -2.32. The van der Waals surface area contributed by atoms with E-state index in [0.29, 0.717) is 0 Å². The summed E-state index contributed by atoms with van der Waals surface area (Å²) < 4.78 is 47.6. The number of alkyl carbamates (subject to hydrolysis) is 1. The Balaban J connectivity index is 2.91. The zero-order chi connectivity index (χ0) is 18.5. The van der Waals surface area contributed by atoms with Crippen molar-refractivity contribution in [2.45, 2.75) is 45.0 Å². The maximum Gasteiger partial charge on any atom is 0.433 e. The Morgan fingerprint density at radius 3 is 2.38 bits per heavy atom. The van der Waals surface area contributed by atoms with Crippen molar-refractivity contribution >= 4 is 12.1 Å². The molecule has 0 aliphatic rings. The number of hydrogen-bond donors (Lipinski definition) is 1. The van der Waals surface area contributed by atoms with Crippen molar-refractivity contribution in [3.63, 3.8) is 0 Å². The van der Waals surface area contributed by atoms with Crippen LogP contribution in [0.5, 0.6) is 0 Å². The molecule has 1 heterocycles. The van der Waals surface area contributed by atoms with Gasteiger partial charge in [0.05, 0.1) is 7.11 Å². The average Bonchev–Trinajstić information content (AvgIpc) is 2.43. The van der Waals surface area contributed by atoms with Crippen LogP contribution in [0, 0.1) is 0 Å². The molecule has 0 aliphatic heterocycles. The second kappa shape index (κ2) is 7.50. The van der Waals surface area contributed by atoms with Crippen molar-refractivity contribution in [1.29, 1.82) is 0 Å². The van der Waals surface area contributed by atoms with Gasteiger partial charge in [0.15, 0.2) is 0 Å². The first-order chi connectivity index (χ1) is 10.9. The highest BCUT2D eigenvalue weighted by molar-refractivity contribution is 5.81. The molecule has 1 amide bonds. The van der Waals surface area contributed by atoms with Crippen LogP contribution in [0.25, 0.3) is 0 Å². The number of nitrogens with one attached hydrogen (secondary N) is 1. The zero-order valence-electron chi connectivity index (χ0n) is 13.7. The third-order valence-corrected chi connectivity index (χ3v) is 2.69. The fraction of sp³-hybridized carbons (Fsp3) is 0.533. The highest BCUT2D eigenvalue weighted by Gasteiger charge is 2.33. The van der Waals surface area contributed by atoms with Crippen molar-refractivity contribution in [3.8, 4) is 0 Å². The molecule has 1 atom stereocenters. The van der Waals surface area contributed by atoms with E-state index in [4.69, 9.17) is 4.74 Å². The number of carbonyl (C=O) groups is 2. The summed E-state index contributed by atoms with van der Waals surface area (Å²) in [6.07, 6.45) is -5.75. The maximum absolute atomic E-state index is 12.7. The summed E-state index contributed by atoms with van der Waals surface area (Å²) in [6, 6.07) is 2.09. The molecule has 0 bridgehead atoms. The topological polar surface area (TPSA) is 77.5 Å². The van der Waals surface area contributed by atoms with E-state index in [2.05, 4.69) is 15.0 Å². The monoisotopic (exact) mass is 348 g/mol. The van der Waals surface area contributed by atoms with Crippen LogP contribution < -0.4 is 5.32 Å². The van der Waals surface area contributed by atoms with Gasteiger partial charge in [0, 0.05) is 12.1 Å². The van der Waals surface area contributed by atoms with Gasteiger partial charge in [0.25, 0.3) is 0 Å². The number of halogens is 3. The van der Waals surface area contributed by atoms with Gasteiger partial charge in [-0.1, -0.05) is 6.07 Å². The molecule has 1 N–H and O–H groups in total. The minimum Gasteiger partial charge on any atom is -0.467 e. The molecule has 134 valence electrons. The number of hydrogen-bond acceptors (Lipinski definition) is 5. The predicted molar refractivity (Wildman–Crippen MR) is 78.1 cm³/mol. The molecule has 1 aromatic heterocycles. The fourth-order valence-corrected chi connectivity index (χ4v) is 1.75. The maximum atomic E-state index is 12.7. The standard InChI is InChI=1S/C15H19F3N2O4/c1-14(2,3)24-13(22)20-10(12(21)23-4)8-9-6-5-7-11(19-9)15(16,17)18/h5-7,10H,8H2,1-4H3,(H,20,22)/t10-/m0/s1. The van der Waals surface area contributed by atoms with E-state index in [1.165, 1.54) is 12.1 Å². The number of esters is 1. The molecule has 0 aliphatic carbocycles. The molecule has 0 aromatic carbocycles. The van der Waals surface area contributed by atoms with Crippen LogP contribution in [0.15, 0.2) is 18.2 Å². The number of alkyl halides is 3. The molecule has 24 heavy (non-hydrogen) atoms. The lowest BCUT2D eigenvalue weighted by molar-refractivity contribution is -0.143. The number of rotatable bonds is 4. The second-order valence-electron chi connectivity index (χ2n) is 5.94. The van der Waals surface area contributed by atoms with Gasteiger partial charge >= 0.3 is 18.2 Å². The summed E-state index contributed by atoms with van der Waals surface area (Å²) in [6.45, 7) is 4.90. The molecule has 0 radical (unpaired) electrons. The number of carbonyl (C=O) groups excluding carboxylic acids is 2. The number of nitrogens with zero attached hydrogens (tertiary/aromatic N) is 1. The van der Waals surface area contributed by atoms with Crippen molar-refractivity contribution in [3.05, 3.63) is 29.6 Å². The van der Waals surface area contributed by atoms with Crippen LogP contribution in [-0.4, -0.2) is 35.8 Å².